The van der Waals surface area contributed by atoms with Crippen LogP contribution in [0, 0.1) is 40.4 Å². The molecule has 6 nitrogen and oxygen atoms in total. The number of hydrogen-bond acceptors (Lipinski definition) is 6. The SMILES string of the molecule is CC(=O)OCC[C@]1(C)[C@@H]([C@H](C)/C=C/[C@H](C)C(C)C)CC[C@H]1C1=CC(=O)[C@@]2(O)C[C@@H](O)CC[C@]2(C)C1=O. The third-order valence-electron chi connectivity index (χ3n) is 10.0. The van der Waals surface area contributed by atoms with Crippen LogP contribution in [0.5, 0.6) is 0 Å². The van der Waals surface area contributed by atoms with Crippen LogP contribution in [0.2, 0.25) is 0 Å². The molecule has 2 fully saturated rings. The van der Waals surface area contributed by atoms with E-state index in [2.05, 4.69) is 46.8 Å². The van der Waals surface area contributed by atoms with Gasteiger partial charge in [-0.15, -0.1) is 0 Å². The monoisotopic (exact) mass is 502 g/mol. The number of aliphatic hydroxyl groups is 2. The molecule has 0 heterocycles. The molecule has 36 heavy (non-hydrogen) atoms. The molecule has 6 heteroatoms. The first kappa shape index (κ1) is 28.8. The van der Waals surface area contributed by atoms with Crippen LogP contribution in [0.4, 0.5) is 0 Å². The maximum Gasteiger partial charge on any atom is 0.302 e. The van der Waals surface area contributed by atoms with E-state index in [1.54, 1.807) is 6.92 Å². The van der Waals surface area contributed by atoms with Gasteiger partial charge in [-0.2, -0.15) is 0 Å². The van der Waals surface area contributed by atoms with Gasteiger partial charge in [0.2, 0.25) is 0 Å². The summed E-state index contributed by atoms with van der Waals surface area (Å²) >= 11 is 0. The summed E-state index contributed by atoms with van der Waals surface area (Å²) in [5, 5.41) is 21.5. The fourth-order valence-electron chi connectivity index (χ4n) is 7.03. The number of rotatable bonds is 8. The third kappa shape index (κ3) is 5.00. The maximum absolute atomic E-state index is 14.0. The first-order valence-electron chi connectivity index (χ1n) is 13.7. The highest BCUT2D eigenvalue weighted by atomic mass is 16.5. The van der Waals surface area contributed by atoms with Gasteiger partial charge in [0, 0.05) is 18.9 Å². The predicted octanol–water partition coefficient (Wildman–Crippen LogP) is 4.82. The van der Waals surface area contributed by atoms with E-state index in [9.17, 15) is 24.6 Å². The quantitative estimate of drug-likeness (QED) is 0.365. The van der Waals surface area contributed by atoms with Crippen LogP contribution in [-0.4, -0.2) is 46.1 Å². The zero-order valence-electron chi connectivity index (χ0n) is 23.2. The molecule has 3 rings (SSSR count). The summed E-state index contributed by atoms with van der Waals surface area (Å²) in [6.45, 7) is 14.4. The van der Waals surface area contributed by atoms with Gasteiger partial charge in [0.15, 0.2) is 11.6 Å². The van der Waals surface area contributed by atoms with E-state index < -0.39 is 22.9 Å². The van der Waals surface area contributed by atoms with Gasteiger partial charge in [0.05, 0.1) is 18.1 Å². The Kier molecular flexibility index (Phi) is 8.41. The van der Waals surface area contributed by atoms with Gasteiger partial charge in [0.25, 0.3) is 0 Å². The molecule has 0 spiro atoms. The molecule has 8 atom stereocenters. The molecule has 0 aromatic carbocycles. The van der Waals surface area contributed by atoms with E-state index in [1.165, 1.54) is 13.0 Å². The highest BCUT2D eigenvalue weighted by Gasteiger charge is 2.63. The van der Waals surface area contributed by atoms with Gasteiger partial charge in [-0.3, -0.25) is 14.4 Å². The smallest absolute Gasteiger partial charge is 0.302 e. The Hall–Kier alpha value is -1.79. The number of esters is 1. The standard InChI is InChI=1S/C30H46O6/c1-18(2)19(3)8-9-20(4)24-10-11-25(28(24,6)14-15-36-21(5)31)23-16-26(33)30(35)17-22(32)12-13-29(30,7)27(23)34/h8-9,16,18-20,22,24-25,32,35H,10-15,17H2,1-7H3/b9-8+/t19-,20+,22-,24+,25-,28+,29+,30-/m0/s1. The molecule has 3 aliphatic carbocycles. The van der Waals surface area contributed by atoms with Crippen molar-refractivity contribution in [3.05, 3.63) is 23.8 Å². The fraction of sp³-hybridized carbons (Fsp3) is 0.767. The topological polar surface area (TPSA) is 101 Å². The van der Waals surface area contributed by atoms with Crippen LogP contribution in [0.25, 0.3) is 0 Å². The van der Waals surface area contributed by atoms with E-state index in [-0.39, 0.29) is 54.4 Å². The average Bonchev–Trinajstić information content (AvgIpc) is 3.13. The van der Waals surface area contributed by atoms with Crippen molar-refractivity contribution in [2.45, 2.75) is 98.7 Å². The second-order valence-corrected chi connectivity index (χ2v) is 12.6. The Morgan fingerprint density at radius 3 is 2.42 bits per heavy atom. The Balaban J connectivity index is 1.98. The van der Waals surface area contributed by atoms with Gasteiger partial charge in [-0.05, 0) is 80.1 Å². The van der Waals surface area contributed by atoms with E-state index in [0.29, 0.717) is 30.3 Å². The van der Waals surface area contributed by atoms with Crippen molar-refractivity contribution in [1.29, 1.82) is 0 Å². The lowest BCUT2D eigenvalue weighted by Crippen LogP contribution is -2.63. The molecular formula is C30H46O6. The van der Waals surface area contributed by atoms with Gasteiger partial charge in [0.1, 0.15) is 5.60 Å². The molecule has 3 aliphatic rings. The normalized spacial score (nSPS) is 38.7. The molecule has 0 aromatic heterocycles. The van der Waals surface area contributed by atoms with Crippen molar-refractivity contribution in [3.8, 4) is 0 Å². The van der Waals surface area contributed by atoms with Crippen molar-refractivity contribution < 1.29 is 29.3 Å². The fourth-order valence-corrected chi connectivity index (χ4v) is 7.03. The number of ether oxygens (including phenoxy) is 1. The zero-order chi connectivity index (χ0) is 27.1. The minimum absolute atomic E-state index is 0.106. The molecule has 0 saturated heterocycles. The lowest BCUT2D eigenvalue weighted by Gasteiger charge is -2.51. The summed E-state index contributed by atoms with van der Waals surface area (Å²) in [6, 6.07) is 0. The van der Waals surface area contributed by atoms with Crippen molar-refractivity contribution in [3.63, 3.8) is 0 Å². The molecule has 0 aliphatic heterocycles. The molecule has 0 bridgehead atoms. The van der Waals surface area contributed by atoms with Crippen molar-refractivity contribution >= 4 is 17.5 Å². The van der Waals surface area contributed by atoms with Crippen LogP contribution in [0.1, 0.15) is 87.0 Å². The van der Waals surface area contributed by atoms with Gasteiger partial charge < -0.3 is 14.9 Å². The van der Waals surface area contributed by atoms with Crippen LogP contribution >= 0.6 is 0 Å². The van der Waals surface area contributed by atoms with Crippen LogP contribution in [-0.2, 0) is 19.1 Å². The van der Waals surface area contributed by atoms with Crippen LogP contribution < -0.4 is 0 Å². The first-order valence-corrected chi connectivity index (χ1v) is 13.7. The summed E-state index contributed by atoms with van der Waals surface area (Å²) in [5.74, 6) is 0.373. The molecule has 0 aromatic rings. The third-order valence-corrected chi connectivity index (χ3v) is 10.0. The highest BCUT2D eigenvalue weighted by molar-refractivity contribution is 6.16. The lowest BCUT2D eigenvalue weighted by atomic mass is 9.53. The lowest BCUT2D eigenvalue weighted by molar-refractivity contribution is -0.174. The minimum atomic E-state index is -1.86. The second-order valence-electron chi connectivity index (χ2n) is 12.6. The number of carbonyl (C=O) groups excluding carboxylic acids is 3. The van der Waals surface area contributed by atoms with E-state index in [1.807, 2.05) is 0 Å². The predicted molar refractivity (Wildman–Crippen MR) is 139 cm³/mol. The van der Waals surface area contributed by atoms with Gasteiger partial charge in [-0.1, -0.05) is 46.8 Å². The minimum Gasteiger partial charge on any atom is -0.466 e. The number of allylic oxidation sites excluding steroid dienone is 3. The largest absolute Gasteiger partial charge is 0.466 e. The summed E-state index contributed by atoms with van der Waals surface area (Å²) < 4.78 is 5.35. The van der Waals surface area contributed by atoms with Crippen LogP contribution in [0.15, 0.2) is 23.8 Å². The van der Waals surface area contributed by atoms with Crippen molar-refractivity contribution in [2.75, 3.05) is 6.61 Å². The Bertz CT molecular complexity index is 934. The summed E-state index contributed by atoms with van der Waals surface area (Å²) in [4.78, 5) is 38.8. The molecule has 0 amide bonds. The summed E-state index contributed by atoms with van der Waals surface area (Å²) in [5.41, 5.74) is -2.95. The average molecular weight is 503 g/mol. The molecule has 2 N–H and O–H groups in total. The second kappa shape index (κ2) is 10.5. The number of carbonyl (C=O) groups is 3. The van der Waals surface area contributed by atoms with Gasteiger partial charge in [-0.25, -0.2) is 0 Å². The summed E-state index contributed by atoms with van der Waals surface area (Å²) in [7, 11) is 0. The Morgan fingerprint density at radius 2 is 1.81 bits per heavy atom. The number of fused-ring (bicyclic) bond motifs is 1. The molecule has 2 saturated carbocycles. The number of ketones is 2. The molecule has 0 unspecified atom stereocenters. The van der Waals surface area contributed by atoms with Crippen molar-refractivity contribution in [2.24, 2.45) is 40.4 Å². The number of hydrogen-bond donors (Lipinski definition) is 2. The first-order chi connectivity index (χ1) is 16.7. The van der Waals surface area contributed by atoms with Crippen LogP contribution in [0.3, 0.4) is 0 Å². The number of aliphatic hydroxyl groups excluding tert-OH is 1. The van der Waals surface area contributed by atoms with E-state index in [0.717, 1.165) is 12.8 Å². The number of Topliss-reactive ketones (excluding diaryl/α,β-unsaturated/α-hetero) is 1. The highest BCUT2D eigenvalue weighted by Crippen LogP contribution is 2.59. The van der Waals surface area contributed by atoms with E-state index >= 15 is 0 Å². The molecule has 202 valence electrons. The van der Waals surface area contributed by atoms with E-state index in [4.69, 9.17) is 4.74 Å². The van der Waals surface area contributed by atoms with Gasteiger partial charge >= 0.3 is 5.97 Å². The molecular weight excluding hydrogens is 456 g/mol. The zero-order valence-corrected chi connectivity index (χ0v) is 23.2. The summed E-state index contributed by atoms with van der Waals surface area (Å²) in [6.07, 6.45) is 7.97. The maximum atomic E-state index is 14.0. The molecule has 0 radical (unpaired) electrons. The van der Waals surface area contributed by atoms with Crippen molar-refractivity contribution in [1.82, 2.24) is 0 Å². The Morgan fingerprint density at radius 1 is 1.14 bits per heavy atom. The Labute approximate surface area is 216 Å².